The SMILES string of the molecule is CCN(c1cc(C)nc(C)n1)C1CCCNC1. The number of aromatic nitrogens is 2. The van der Waals surface area contributed by atoms with E-state index in [4.69, 9.17) is 0 Å². The number of piperidine rings is 1. The van der Waals surface area contributed by atoms with Crippen molar-refractivity contribution in [3.8, 4) is 0 Å². The number of nitrogens with zero attached hydrogens (tertiary/aromatic N) is 3. The van der Waals surface area contributed by atoms with E-state index in [1.807, 2.05) is 13.8 Å². The number of aryl methyl sites for hydroxylation is 2. The van der Waals surface area contributed by atoms with Crippen molar-refractivity contribution >= 4 is 5.82 Å². The van der Waals surface area contributed by atoms with Gasteiger partial charge < -0.3 is 10.2 Å². The average Bonchev–Trinajstić information content (AvgIpc) is 2.30. The Labute approximate surface area is 103 Å². The molecule has 1 N–H and O–H groups in total. The van der Waals surface area contributed by atoms with Crippen molar-refractivity contribution in [2.45, 2.75) is 39.7 Å². The zero-order chi connectivity index (χ0) is 12.3. The van der Waals surface area contributed by atoms with Gasteiger partial charge in [0.1, 0.15) is 11.6 Å². The summed E-state index contributed by atoms with van der Waals surface area (Å²) in [6.45, 7) is 9.41. The van der Waals surface area contributed by atoms with Crippen LogP contribution in [0.2, 0.25) is 0 Å². The van der Waals surface area contributed by atoms with E-state index >= 15 is 0 Å². The summed E-state index contributed by atoms with van der Waals surface area (Å²) in [7, 11) is 0. The summed E-state index contributed by atoms with van der Waals surface area (Å²) in [5.74, 6) is 1.94. The molecule has 4 nitrogen and oxygen atoms in total. The van der Waals surface area contributed by atoms with Crippen LogP contribution in [0.15, 0.2) is 6.07 Å². The summed E-state index contributed by atoms with van der Waals surface area (Å²) in [5, 5.41) is 3.46. The van der Waals surface area contributed by atoms with E-state index in [1.165, 1.54) is 12.8 Å². The molecular weight excluding hydrogens is 212 g/mol. The van der Waals surface area contributed by atoms with Crippen LogP contribution in [0.25, 0.3) is 0 Å². The van der Waals surface area contributed by atoms with Crippen molar-refractivity contribution in [3.63, 3.8) is 0 Å². The van der Waals surface area contributed by atoms with E-state index in [2.05, 4.69) is 33.2 Å². The second kappa shape index (κ2) is 5.45. The molecule has 0 bridgehead atoms. The first-order valence-electron chi connectivity index (χ1n) is 6.50. The van der Waals surface area contributed by atoms with Crippen LogP contribution in [0.4, 0.5) is 5.82 Å². The molecule has 17 heavy (non-hydrogen) atoms. The van der Waals surface area contributed by atoms with Crippen LogP contribution in [0.3, 0.4) is 0 Å². The van der Waals surface area contributed by atoms with Gasteiger partial charge in [0, 0.05) is 30.9 Å². The molecule has 1 aliphatic rings. The summed E-state index contributed by atoms with van der Waals surface area (Å²) in [6.07, 6.45) is 2.51. The third-order valence-corrected chi connectivity index (χ3v) is 3.30. The van der Waals surface area contributed by atoms with Gasteiger partial charge in [-0.15, -0.1) is 0 Å². The Morgan fingerprint density at radius 2 is 2.24 bits per heavy atom. The fourth-order valence-corrected chi connectivity index (χ4v) is 2.55. The molecule has 1 atom stereocenters. The zero-order valence-corrected chi connectivity index (χ0v) is 11.0. The highest BCUT2D eigenvalue weighted by atomic mass is 15.2. The average molecular weight is 234 g/mol. The minimum Gasteiger partial charge on any atom is -0.353 e. The van der Waals surface area contributed by atoms with Gasteiger partial charge in [-0.2, -0.15) is 0 Å². The van der Waals surface area contributed by atoms with E-state index in [9.17, 15) is 0 Å². The van der Waals surface area contributed by atoms with E-state index in [0.717, 1.165) is 37.0 Å². The molecule has 1 aromatic rings. The van der Waals surface area contributed by atoms with Crippen molar-refractivity contribution in [1.82, 2.24) is 15.3 Å². The lowest BCUT2D eigenvalue weighted by Gasteiger charge is -2.35. The van der Waals surface area contributed by atoms with Crippen LogP contribution >= 0.6 is 0 Å². The van der Waals surface area contributed by atoms with Crippen LogP contribution in [-0.4, -0.2) is 35.6 Å². The molecule has 2 heterocycles. The smallest absolute Gasteiger partial charge is 0.132 e. The lowest BCUT2D eigenvalue weighted by Crippen LogP contribution is -2.46. The van der Waals surface area contributed by atoms with Crippen LogP contribution < -0.4 is 10.2 Å². The summed E-state index contributed by atoms with van der Waals surface area (Å²) in [4.78, 5) is 11.3. The molecule has 1 aromatic heterocycles. The number of rotatable bonds is 3. The van der Waals surface area contributed by atoms with Crippen molar-refractivity contribution in [3.05, 3.63) is 17.6 Å². The standard InChI is InChI=1S/C13H22N4/c1-4-17(12-6-5-7-14-9-12)13-8-10(2)15-11(3)16-13/h8,12,14H,4-7,9H2,1-3H3. The molecular formula is C13H22N4. The number of likely N-dealkylation sites (N-methyl/N-ethyl adjacent to an activating group) is 1. The van der Waals surface area contributed by atoms with Gasteiger partial charge >= 0.3 is 0 Å². The first kappa shape index (κ1) is 12.3. The topological polar surface area (TPSA) is 41.1 Å². The zero-order valence-electron chi connectivity index (χ0n) is 11.0. The molecule has 94 valence electrons. The summed E-state index contributed by atoms with van der Waals surface area (Å²) in [6, 6.07) is 2.66. The van der Waals surface area contributed by atoms with Gasteiger partial charge in [0.15, 0.2) is 0 Å². The molecule has 0 spiro atoms. The number of nitrogens with one attached hydrogen (secondary N) is 1. The molecule has 4 heteroatoms. The van der Waals surface area contributed by atoms with Gasteiger partial charge in [-0.1, -0.05) is 0 Å². The lowest BCUT2D eigenvalue weighted by atomic mass is 10.1. The van der Waals surface area contributed by atoms with Crippen LogP contribution in [0.1, 0.15) is 31.3 Å². The first-order chi connectivity index (χ1) is 8.20. The van der Waals surface area contributed by atoms with Gasteiger partial charge in [-0.05, 0) is 40.2 Å². The summed E-state index contributed by atoms with van der Waals surface area (Å²) >= 11 is 0. The second-order valence-electron chi connectivity index (χ2n) is 4.70. The molecule has 1 unspecified atom stereocenters. The highest BCUT2D eigenvalue weighted by Crippen LogP contribution is 2.19. The Morgan fingerprint density at radius 1 is 1.41 bits per heavy atom. The quantitative estimate of drug-likeness (QED) is 0.864. The monoisotopic (exact) mass is 234 g/mol. The third kappa shape index (κ3) is 2.94. The molecule has 1 aliphatic heterocycles. The van der Waals surface area contributed by atoms with Crippen LogP contribution in [0, 0.1) is 13.8 Å². The largest absolute Gasteiger partial charge is 0.353 e. The molecule has 0 aromatic carbocycles. The van der Waals surface area contributed by atoms with E-state index in [-0.39, 0.29) is 0 Å². The predicted octanol–water partition coefficient (Wildman–Crippen LogP) is 1.67. The molecule has 2 rings (SSSR count). The number of hydrogen-bond acceptors (Lipinski definition) is 4. The Kier molecular flexibility index (Phi) is 3.94. The maximum atomic E-state index is 4.57. The van der Waals surface area contributed by atoms with Gasteiger partial charge in [0.2, 0.25) is 0 Å². The Hall–Kier alpha value is -1.16. The highest BCUT2D eigenvalue weighted by Gasteiger charge is 2.21. The van der Waals surface area contributed by atoms with Gasteiger partial charge in [0.05, 0.1) is 0 Å². The van der Waals surface area contributed by atoms with Crippen molar-refractivity contribution in [2.24, 2.45) is 0 Å². The number of hydrogen-bond donors (Lipinski definition) is 1. The van der Waals surface area contributed by atoms with Gasteiger partial charge in [-0.3, -0.25) is 0 Å². The van der Waals surface area contributed by atoms with Gasteiger partial charge in [-0.25, -0.2) is 9.97 Å². The van der Waals surface area contributed by atoms with Crippen LogP contribution in [0.5, 0.6) is 0 Å². The van der Waals surface area contributed by atoms with Crippen LogP contribution in [-0.2, 0) is 0 Å². The predicted molar refractivity (Wildman–Crippen MR) is 70.4 cm³/mol. The maximum Gasteiger partial charge on any atom is 0.132 e. The molecule has 1 saturated heterocycles. The normalized spacial score (nSPS) is 20.3. The Balaban J connectivity index is 2.21. The maximum absolute atomic E-state index is 4.57. The minimum absolute atomic E-state index is 0.572. The highest BCUT2D eigenvalue weighted by molar-refractivity contribution is 5.41. The molecule has 1 fully saturated rings. The fraction of sp³-hybridized carbons (Fsp3) is 0.692. The molecule has 0 saturated carbocycles. The summed E-state index contributed by atoms with van der Waals surface area (Å²) < 4.78 is 0. The summed E-state index contributed by atoms with van der Waals surface area (Å²) in [5.41, 5.74) is 1.05. The minimum atomic E-state index is 0.572. The van der Waals surface area contributed by atoms with Gasteiger partial charge in [0.25, 0.3) is 0 Å². The fourth-order valence-electron chi connectivity index (χ4n) is 2.55. The van der Waals surface area contributed by atoms with E-state index in [0.29, 0.717) is 6.04 Å². The van der Waals surface area contributed by atoms with Crippen molar-refractivity contribution in [2.75, 3.05) is 24.5 Å². The molecule has 0 amide bonds. The van der Waals surface area contributed by atoms with Crippen molar-refractivity contribution < 1.29 is 0 Å². The molecule has 0 aliphatic carbocycles. The van der Waals surface area contributed by atoms with E-state index in [1.54, 1.807) is 0 Å². The van der Waals surface area contributed by atoms with E-state index < -0.39 is 0 Å². The second-order valence-corrected chi connectivity index (χ2v) is 4.70. The Bertz CT molecular complexity index is 351. The van der Waals surface area contributed by atoms with Crippen molar-refractivity contribution in [1.29, 1.82) is 0 Å². The molecule has 0 radical (unpaired) electrons. The number of anilines is 1. The third-order valence-electron chi connectivity index (χ3n) is 3.30. The lowest BCUT2D eigenvalue weighted by molar-refractivity contribution is 0.433. The first-order valence-corrected chi connectivity index (χ1v) is 6.50. The Morgan fingerprint density at radius 3 is 2.82 bits per heavy atom.